The molecule has 3 N–H and O–H groups in total. The van der Waals surface area contributed by atoms with Gasteiger partial charge in [-0.3, -0.25) is 14.4 Å². The van der Waals surface area contributed by atoms with E-state index in [4.69, 9.17) is 9.88 Å². The highest BCUT2D eigenvalue weighted by Gasteiger charge is 2.14. The second-order valence-corrected chi connectivity index (χ2v) is 9.20. The Morgan fingerprint density at radius 2 is 1.82 bits per heavy atom. The van der Waals surface area contributed by atoms with Crippen LogP contribution in [0.5, 0.6) is 0 Å². The molecule has 0 radical (unpaired) electrons. The van der Waals surface area contributed by atoms with E-state index in [-0.39, 0.29) is 29.0 Å². The minimum atomic E-state index is -3.83. The Bertz CT molecular complexity index is 1350. The summed E-state index contributed by atoms with van der Waals surface area (Å²) in [6.45, 7) is 2.08. The van der Waals surface area contributed by atoms with Crippen molar-refractivity contribution in [2.24, 2.45) is 5.14 Å². The normalized spacial score (nSPS) is 11.4. The standard InChI is InChI=1S/C23H26N4O6S/c1-2-3-14-27-20-7-5-4-6-18(20)26-19(23(27)30)12-13-22(29)33-15-21(28)25-16-8-10-17(11-9-16)34(24,31)32/h4-11H,2-3,12-15H2,1H3,(H,25,28)(H2,24,31,32). The van der Waals surface area contributed by atoms with Gasteiger partial charge in [-0.05, 0) is 42.8 Å². The number of sulfonamides is 1. The molecule has 0 unspecified atom stereocenters. The highest BCUT2D eigenvalue weighted by Crippen LogP contribution is 2.13. The van der Waals surface area contributed by atoms with Crippen LogP contribution in [0.4, 0.5) is 5.69 Å². The van der Waals surface area contributed by atoms with Gasteiger partial charge in [0.25, 0.3) is 11.5 Å². The van der Waals surface area contributed by atoms with Gasteiger partial charge in [-0.15, -0.1) is 0 Å². The lowest BCUT2D eigenvalue weighted by Crippen LogP contribution is -2.27. The van der Waals surface area contributed by atoms with E-state index in [0.717, 1.165) is 18.4 Å². The third kappa shape index (κ3) is 6.49. The smallest absolute Gasteiger partial charge is 0.306 e. The number of nitrogens with zero attached hydrogens (tertiary/aromatic N) is 2. The van der Waals surface area contributed by atoms with Gasteiger partial charge < -0.3 is 14.6 Å². The van der Waals surface area contributed by atoms with Crippen molar-refractivity contribution in [3.05, 3.63) is 64.6 Å². The lowest BCUT2D eigenvalue weighted by atomic mass is 10.2. The fraction of sp³-hybridized carbons (Fsp3) is 0.304. The van der Waals surface area contributed by atoms with Gasteiger partial charge in [0, 0.05) is 18.7 Å². The van der Waals surface area contributed by atoms with E-state index in [1.165, 1.54) is 24.3 Å². The molecule has 0 aliphatic rings. The molecule has 2 aromatic carbocycles. The highest BCUT2D eigenvalue weighted by molar-refractivity contribution is 7.89. The molecule has 34 heavy (non-hydrogen) atoms. The Morgan fingerprint density at radius 1 is 1.12 bits per heavy atom. The molecule has 0 saturated carbocycles. The van der Waals surface area contributed by atoms with Crippen molar-refractivity contribution in [1.82, 2.24) is 9.55 Å². The number of fused-ring (bicyclic) bond motifs is 1. The molecule has 10 nitrogen and oxygen atoms in total. The quantitative estimate of drug-likeness (QED) is 0.416. The maximum atomic E-state index is 12.9. The Kier molecular flexibility index (Phi) is 8.13. The van der Waals surface area contributed by atoms with Gasteiger partial charge in [0.05, 0.1) is 22.3 Å². The number of ether oxygens (including phenoxy) is 1. The van der Waals surface area contributed by atoms with E-state index in [2.05, 4.69) is 10.3 Å². The fourth-order valence-electron chi connectivity index (χ4n) is 3.31. The number of primary sulfonamides is 1. The van der Waals surface area contributed by atoms with Crippen LogP contribution in [-0.2, 0) is 37.3 Å². The number of esters is 1. The van der Waals surface area contributed by atoms with Crippen LogP contribution in [0.3, 0.4) is 0 Å². The maximum absolute atomic E-state index is 12.9. The molecule has 11 heteroatoms. The second-order valence-electron chi connectivity index (χ2n) is 7.64. The van der Waals surface area contributed by atoms with Crippen LogP contribution >= 0.6 is 0 Å². The molecule has 180 valence electrons. The van der Waals surface area contributed by atoms with Crippen LogP contribution in [0.1, 0.15) is 31.9 Å². The highest BCUT2D eigenvalue weighted by atomic mass is 32.2. The minimum absolute atomic E-state index is 0.0886. The zero-order chi connectivity index (χ0) is 24.7. The number of benzene rings is 2. The summed E-state index contributed by atoms with van der Waals surface area (Å²) in [6, 6.07) is 12.6. The number of para-hydroxylation sites is 2. The van der Waals surface area contributed by atoms with E-state index >= 15 is 0 Å². The van der Waals surface area contributed by atoms with Crippen LogP contribution < -0.4 is 16.0 Å². The Morgan fingerprint density at radius 3 is 2.50 bits per heavy atom. The number of hydrogen-bond acceptors (Lipinski definition) is 7. The molecule has 0 aliphatic heterocycles. The Balaban J connectivity index is 1.57. The first-order valence-electron chi connectivity index (χ1n) is 10.8. The molecule has 3 aromatic rings. The number of hydrogen-bond donors (Lipinski definition) is 2. The molecule has 0 fully saturated rings. The van der Waals surface area contributed by atoms with Gasteiger partial charge in [-0.2, -0.15) is 0 Å². The molecule has 3 rings (SSSR count). The lowest BCUT2D eigenvalue weighted by molar-refractivity contribution is -0.147. The summed E-state index contributed by atoms with van der Waals surface area (Å²) in [5.74, 6) is -1.24. The van der Waals surface area contributed by atoms with E-state index in [1.54, 1.807) is 4.57 Å². The van der Waals surface area contributed by atoms with Gasteiger partial charge in [0.1, 0.15) is 5.69 Å². The summed E-state index contributed by atoms with van der Waals surface area (Å²) >= 11 is 0. The van der Waals surface area contributed by atoms with Gasteiger partial charge in [0.15, 0.2) is 6.61 Å². The van der Waals surface area contributed by atoms with E-state index in [1.807, 2.05) is 31.2 Å². The zero-order valence-corrected chi connectivity index (χ0v) is 19.5. The summed E-state index contributed by atoms with van der Waals surface area (Å²) in [5.41, 5.74) is 1.78. The maximum Gasteiger partial charge on any atom is 0.306 e. The zero-order valence-electron chi connectivity index (χ0n) is 18.7. The number of rotatable bonds is 10. The molecule has 0 atom stereocenters. The number of amides is 1. The first kappa shape index (κ1) is 25.1. The van der Waals surface area contributed by atoms with Crippen LogP contribution in [-0.4, -0.2) is 36.5 Å². The molecule has 1 heterocycles. The van der Waals surface area contributed by atoms with Crippen LogP contribution in [0, 0.1) is 0 Å². The van der Waals surface area contributed by atoms with Gasteiger partial charge in [-0.1, -0.05) is 25.5 Å². The number of nitrogens with two attached hydrogens (primary N) is 1. The summed E-state index contributed by atoms with van der Waals surface area (Å²) < 4.78 is 29.2. The Hall–Kier alpha value is -3.57. The SMILES string of the molecule is CCCCn1c(=O)c(CCC(=O)OCC(=O)Nc2ccc(S(N)(=O)=O)cc2)nc2ccccc21. The first-order chi connectivity index (χ1) is 16.2. The van der Waals surface area contributed by atoms with Gasteiger partial charge in [-0.25, -0.2) is 18.5 Å². The fourth-order valence-corrected chi connectivity index (χ4v) is 3.83. The van der Waals surface area contributed by atoms with Crippen LogP contribution in [0.15, 0.2) is 58.2 Å². The first-order valence-corrected chi connectivity index (χ1v) is 12.3. The predicted octanol–water partition coefficient (Wildman–Crippen LogP) is 1.96. The molecule has 1 amide bonds. The van der Waals surface area contributed by atoms with E-state index < -0.39 is 28.5 Å². The van der Waals surface area contributed by atoms with Crippen molar-refractivity contribution < 1.29 is 22.7 Å². The molecular formula is C23H26N4O6S. The van der Waals surface area contributed by atoms with E-state index in [9.17, 15) is 22.8 Å². The van der Waals surface area contributed by atoms with Crippen molar-refractivity contribution in [1.29, 1.82) is 0 Å². The van der Waals surface area contributed by atoms with Crippen molar-refractivity contribution in [2.45, 2.75) is 44.0 Å². The summed E-state index contributed by atoms with van der Waals surface area (Å²) in [6.07, 6.45) is 1.76. The average molecular weight is 487 g/mol. The summed E-state index contributed by atoms with van der Waals surface area (Å²) in [7, 11) is -3.83. The number of carbonyl (C=O) groups excluding carboxylic acids is 2. The topological polar surface area (TPSA) is 150 Å². The molecule has 0 bridgehead atoms. The second kappa shape index (κ2) is 11.0. The number of nitrogens with one attached hydrogen (secondary N) is 1. The van der Waals surface area contributed by atoms with E-state index in [0.29, 0.717) is 17.7 Å². The molecule has 0 saturated heterocycles. The third-order valence-electron chi connectivity index (χ3n) is 5.05. The predicted molar refractivity (Wildman–Crippen MR) is 127 cm³/mol. The van der Waals surface area contributed by atoms with Crippen molar-refractivity contribution >= 4 is 38.6 Å². The monoisotopic (exact) mass is 486 g/mol. The molecule has 1 aromatic heterocycles. The average Bonchev–Trinajstić information content (AvgIpc) is 2.80. The number of carbonyl (C=O) groups is 2. The van der Waals surface area contributed by atoms with Gasteiger partial charge in [0.2, 0.25) is 10.0 Å². The summed E-state index contributed by atoms with van der Waals surface area (Å²) in [4.78, 5) is 41.4. The van der Waals surface area contributed by atoms with Crippen molar-refractivity contribution in [3.8, 4) is 0 Å². The molecule has 0 spiro atoms. The van der Waals surface area contributed by atoms with Crippen molar-refractivity contribution in [2.75, 3.05) is 11.9 Å². The van der Waals surface area contributed by atoms with Crippen molar-refractivity contribution in [3.63, 3.8) is 0 Å². The third-order valence-corrected chi connectivity index (χ3v) is 5.98. The number of aromatic nitrogens is 2. The lowest BCUT2D eigenvalue weighted by Gasteiger charge is -2.12. The molecular weight excluding hydrogens is 460 g/mol. The minimum Gasteiger partial charge on any atom is -0.456 e. The Labute approximate surface area is 196 Å². The summed E-state index contributed by atoms with van der Waals surface area (Å²) in [5, 5.41) is 7.52. The van der Waals surface area contributed by atoms with Crippen LogP contribution in [0.25, 0.3) is 11.0 Å². The van der Waals surface area contributed by atoms with Gasteiger partial charge >= 0.3 is 5.97 Å². The number of aryl methyl sites for hydroxylation is 2. The molecule has 0 aliphatic carbocycles. The van der Waals surface area contributed by atoms with Crippen LogP contribution in [0.2, 0.25) is 0 Å². The number of anilines is 1. The number of unbranched alkanes of at least 4 members (excludes halogenated alkanes) is 1. The largest absolute Gasteiger partial charge is 0.456 e.